The Labute approximate surface area is 219 Å². The van der Waals surface area contributed by atoms with E-state index in [-0.39, 0.29) is 11.7 Å². The van der Waals surface area contributed by atoms with Crippen LogP contribution in [0.3, 0.4) is 0 Å². The van der Waals surface area contributed by atoms with Crippen LogP contribution in [0.4, 0.5) is 26.3 Å². The molecule has 1 spiro atoms. The van der Waals surface area contributed by atoms with Gasteiger partial charge in [-0.15, -0.1) is 0 Å². The van der Waals surface area contributed by atoms with Gasteiger partial charge in [0, 0.05) is 51.3 Å². The smallest absolute Gasteiger partial charge is 0.475 e. The van der Waals surface area contributed by atoms with Crippen LogP contribution in [0, 0.1) is 6.92 Å². The maximum Gasteiger partial charge on any atom is 0.490 e. The number of hydrogen-bond acceptors (Lipinski definition) is 7. The Morgan fingerprint density at radius 3 is 2.23 bits per heavy atom. The van der Waals surface area contributed by atoms with Crippen molar-refractivity contribution >= 4 is 11.9 Å². The lowest BCUT2D eigenvalue weighted by atomic mass is 9.84. The Hall–Kier alpha value is -3.30. The molecule has 4 rings (SSSR count). The normalized spacial score (nSPS) is 18.6. The average molecular weight is 567 g/mol. The summed E-state index contributed by atoms with van der Waals surface area (Å²) in [7, 11) is 0. The molecule has 15 heteroatoms. The first-order chi connectivity index (χ1) is 18.1. The lowest BCUT2D eigenvalue weighted by Gasteiger charge is -2.53. The molecule has 0 saturated carbocycles. The SMILES string of the molecule is Cc1cncc(COC2CCOC3(C2)CN(Cc2ccccn2)C3)c1.O=C(O)C(F)(F)F.O=C(O)C(F)(F)F. The second-order valence-corrected chi connectivity index (χ2v) is 8.90. The molecule has 0 bridgehead atoms. The first kappa shape index (κ1) is 31.9. The molecule has 0 radical (unpaired) electrons. The number of pyridine rings is 2. The predicted octanol–water partition coefficient (Wildman–Crippen LogP) is 4.00. The summed E-state index contributed by atoms with van der Waals surface area (Å²) in [4.78, 5) is 28.8. The van der Waals surface area contributed by atoms with Crippen molar-refractivity contribution in [3.05, 3.63) is 59.7 Å². The molecule has 1 atom stereocenters. The van der Waals surface area contributed by atoms with Crippen molar-refractivity contribution in [1.29, 1.82) is 0 Å². The van der Waals surface area contributed by atoms with Crippen LogP contribution >= 0.6 is 0 Å². The van der Waals surface area contributed by atoms with Crippen LogP contribution in [0.25, 0.3) is 0 Å². The minimum atomic E-state index is -5.08. The van der Waals surface area contributed by atoms with E-state index in [9.17, 15) is 26.3 Å². The summed E-state index contributed by atoms with van der Waals surface area (Å²) in [5, 5.41) is 14.2. The fourth-order valence-corrected chi connectivity index (χ4v) is 3.86. The fraction of sp³-hybridized carbons (Fsp3) is 0.500. The number of nitrogens with zero attached hydrogens (tertiary/aromatic N) is 3. The Morgan fingerprint density at radius 1 is 1.10 bits per heavy atom. The highest BCUT2D eigenvalue weighted by atomic mass is 19.4. The second kappa shape index (κ2) is 13.7. The van der Waals surface area contributed by atoms with E-state index in [1.54, 1.807) is 0 Å². The van der Waals surface area contributed by atoms with Crippen LogP contribution in [0.15, 0.2) is 42.9 Å². The van der Waals surface area contributed by atoms with Crippen LogP contribution in [0.1, 0.15) is 29.7 Å². The van der Waals surface area contributed by atoms with E-state index >= 15 is 0 Å². The van der Waals surface area contributed by atoms with Gasteiger partial charge in [-0.2, -0.15) is 26.3 Å². The van der Waals surface area contributed by atoms with Gasteiger partial charge in [0.1, 0.15) is 0 Å². The Kier molecular flexibility index (Phi) is 11.2. The third kappa shape index (κ3) is 11.1. The van der Waals surface area contributed by atoms with E-state index in [1.165, 1.54) is 5.56 Å². The minimum Gasteiger partial charge on any atom is -0.475 e. The third-order valence-electron chi connectivity index (χ3n) is 5.49. The summed E-state index contributed by atoms with van der Waals surface area (Å²) in [5.41, 5.74) is 3.41. The maximum absolute atomic E-state index is 10.6. The van der Waals surface area contributed by atoms with Crippen molar-refractivity contribution in [1.82, 2.24) is 14.9 Å². The van der Waals surface area contributed by atoms with E-state index in [1.807, 2.05) is 30.7 Å². The lowest BCUT2D eigenvalue weighted by Crippen LogP contribution is -2.65. The van der Waals surface area contributed by atoms with Gasteiger partial charge in [-0.25, -0.2) is 9.59 Å². The molecular formula is C24H27F6N3O6. The molecule has 2 aromatic heterocycles. The highest BCUT2D eigenvalue weighted by Crippen LogP contribution is 2.36. The van der Waals surface area contributed by atoms with Crippen molar-refractivity contribution in [3.63, 3.8) is 0 Å². The molecule has 2 aliphatic heterocycles. The molecule has 2 aromatic rings. The van der Waals surface area contributed by atoms with E-state index < -0.39 is 24.3 Å². The van der Waals surface area contributed by atoms with E-state index in [0.717, 1.165) is 50.3 Å². The zero-order valence-electron chi connectivity index (χ0n) is 20.7. The highest BCUT2D eigenvalue weighted by molar-refractivity contribution is 5.73. The van der Waals surface area contributed by atoms with Gasteiger partial charge < -0.3 is 19.7 Å². The van der Waals surface area contributed by atoms with Crippen molar-refractivity contribution in [2.45, 2.75) is 57.0 Å². The predicted molar refractivity (Wildman–Crippen MR) is 122 cm³/mol. The standard InChI is InChI=1S/C20H25N3O2.2C2HF3O2/c1-16-8-17(11-21-10-16)13-24-19-5-7-25-20(9-19)14-23(15-20)12-18-4-2-3-6-22-18;2*3-2(4,5)1(6)7/h2-4,6,8,10-11,19H,5,7,9,12-15H2,1H3;2*(H,6,7). The summed E-state index contributed by atoms with van der Waals surface area (Å²) < 4.78 is 75.7. The number of hydrogen-bond donors (Lipinski definition) is 2. The number of ether oxygens (including phenoxy) is 2. The molecule has 0 aliphatic carbocycles. The van der Waals surface area contributed by atoms with Crippen molar-refractivity contribution in [3.8, 4) is 0 Å². The van der Waals surface area contributed by atoms with E-state index in [2.05, 4.69) is 33.9 Å². The van der Waals surface area contributed by atoms with Gasteiger partial charge in [-0.1, -0.05) is 12.1 Å². The third-order valence-corrected chi connectivity index (χ3v) is 5.49. The zero-order valence-corrected chi connectivity index (χ0v) is 20.7. The van der Waals surface area contributed by atoms with Crippen LogP contribution in [-0.2, 0) is 32.2 Å². The molecule has 4 heterocycles. The molecular weight excluding hydrogens is 540 g/mol. The summed E-state index contributed by atoms with van der Waals surface area (Å²) in [6, 6.07) is 8.21. The maximum atomic E-state index is 10.6. The van der Waals surface area contributed by atoms with Gasteiger partial charge >= 0.3 is 24.3 Å². The van der Waals surface area contributed by atoms with E-state index in [0.29, 0.717) is 6.61 Å². The molecule has 2 saturated heterocycles. The van der Waals surface area contributed by atoms with Gasteiger partial charge in [-0.3, -0.25) is 14.9 Å². The number of carboxylic acids is 2. The topological polar surface area (TPSA) is 122 Å². The number of halogens is 6. The molecule has 2 aliphatic rings. The number of carboxylic acid groups (broad SMARTS) is 2. The molecule has 1 unspecified atom stereocenters. The molecule has 2 N–H and O–H groups in total. The van der Waals surface area contributed by atoms with Crippen LogP contribution in [-0.4, -0.2) is 80.8 Å². The number of aromatic nitrogens is 2. The largest absolute Gasteiger partial charge is 0.490 e. The molecule has 216 valence electrons. The van der Waals surface area contributed by atoms with Crippen LogP contribution < -0.4 is 0 Å². The Bertz CT molecular complexity index is 1050. The second-order valence-electron chi connectivity index (χ2n) is 8.90. The summed E-state index contributed by atoms with van der Waals surface area (Å²) >= 11 is 0. The molecule has 2 fully saturated rings. The first-order valence-electron chi connectivity index (χ1n) is 11.5. The van der Waals surface area contributed by atoms with Crippen molar-refractivity contribution in [2.75, 3.05) is 19.7 Å². The summed E-state index contributed by atoms with van der Waals surface area (Å²) in [6.07, 6.45) is -2.33. The van der Waals surface area contributed by atoms with Crippen LogP contribution in [0.5, 0.6) is 0 Å². The zero-order chi connectivity index (χ0) is 29.3. The number of aryl methyl sites for hydroxylation is 1. The number of rotatable bonds is 5. The molecule has 39 heavy (non-hydrogen) atoms. The van der Waals surface area contributed by atoms with Gasteiger partial charge in [0.15, 0.2) is 0 Å². The Morgan fingerprint density at radius 2 is 1.72 bits per heavy atom. The number of likely N-dealkylation sites (tertiary alicyclic amines) is 1. The minimum absolute atomic E-state index is 0.0252. The average Bonchev–Trinajstić information content (AvgIpc) is 2.82. The Balaban J connectivity index is 0.000000317. The van der Waals surface area contributed by atoms with Crippen molar-refractivity contribution < 1.29 is 55.6 Å². The molecule has 9 nitrogen and oxygen atoms in total. The van der Waals surface area contributed by atoms with E-state index in [4.69, 9.17) is 29.3 Å². The highest BCUT2D eigenvalue weighted by Gasteiger charge is 2.47. The van der Waals surface area contributed by atoms with Crippen molar-refractivity contribution in [2.24, 2.45) is 0 Å². The first-order valence-corrected chi connectivity index (χ1v) is 11.5. The van der Waals surface area contributed by atoms with Crippen LogP contribution in [0.2, 0.25) is 0 Å². The molecule has 0 amide bonds. The summed E-state index contributed by atoms with van der Waals surface area (Å²) in [6.45, 7) is 6.31. The molecule has 0 aromatic carbocycles. The van der Waals surface area contributed by atoms with Gasteiger partial charge in [-0.05, 0) is 36.6 Å². The van der Waals surface area contributed by atoms with Gasteiger partial charge in [0.25, 0.3) is 0 Å². The summed E-state index contributed by atoms with van der Waals surface area (Å²) in [5.74, 6) is -5.51. The monoisotopic (exact) mass is 567 g/mol. The fourth-order valence-electron chi connectivity index (χ4n) is 3.86. The van der Waals surface area contributed by atoms with Gasteiger partial charge in [0.05, 0.1) is 24.0 Å². The van der Waals surface area contributed by atoms with Gasteiger partial charge in [0.2, 0.25) is 0 Å². The number of carbonyl (C=O) groups is 2. The quantitative estimate of drug-likeness (QED) is 0.517. The number of aliphatic carboxylic acids is 2. The number of alkyl halides is 6. The lowest BCUT2D eigenvalue weighted by molar-refractivity contribution is -0.200.